The van der Waals surface area contributed by atoms with Gasteiger partial charge in [0.1, 0.15) is 5.82 Å². The fraction of sp³-hybridized carbons (Fsp3) is 0.176. The van der Waals surface area contributed by atoms with E-state index in [-0.39, 0.29) is 11.7 Å². The minimum absolute atomic E-state index is 0.244. The molecular weight excluding hydrogens is 309 g/mol. The Kier molecular flexibility index (Phi) is 3.34. The number of aromatic nitrogens is 4. The number of anilines is 1. The van der Waals surface area contributed by atoms with E-state index in [1.165, 1.54) is 10.7 Å². The highest BCUT2D eigenvalue weighted by Gasteiger charge is 2.52. The van der Waals surface area contributed by atoms with E-state index in [1.807, 2.05) is 0 Å². The topological polar surface area (TPSA) is 72.7 Å². The molecule has 0 spiro atoms. The molecule has 120 valence electrons. The van der Waals surface area contributed by atoms with Crippen LogP contribution in [0.3, 0.4) is 0 Å². The van der Waals surface area contributed by atoms with Gasteiger partial charge in [-0.1, -0.05) is 18.2 Å². The zero-order valence-electron chi connectivity index (χ0n) is 12.7. The Morgan fingerprint density at radius 3 is 2.58 bits per heavy atom. The fourth-order valence-corrected chi connectivity index (χ4v) is 2.74. The molecule has 2 aromatic heterocycles. The first-order valence-corrected chi connectivity index (χ1v) is 7.59. The second-order valence-corrected chi connectivity index (χ2v) is 5.71. The Labute approximate surface area is 137 Å². The Morgan fingerprint density at radius 2 is 1.88 bits per heavy atom. The molecule has 1 aromatic carbocycles. The third-order valence-electron chi connectivity index (χ3n) is 4.16. The average molecular weight is 323 g/mol. The van der Waals surface area contributed by atoms with Crippen molar-refractivity contribution in [3.8, 4) is 5.95 Å². The van der Waals surface area contributed by atoms with E-state index >= 15 is 0 Å². The van der Waals surface area contributed by atoms with Crippen LogP contribution in [0.25, 0.3) is 5.95 Å². The van der Waals surface area contributed by atoms with E-state index < -0.39 is 5.41 Å². The smallest absolute Gasteiger partial charge is 0.250 e. The minimum Gasteiger partial charge on any atom is -0.308 e. The SMILES string of the molecule is O=C(Nc1ccn(-c2ncccn2)n1)C1(c2ccccc2F)CC1. The van der Waals surface area contributed by atoms with E-state index in [1.54, 1.807) is 48.9 Å². The molecule has 1 aliphatic rings. The maximum Gasteiger partial charge on any atom is 0.250 e. The summed E-state index contributed by atoms with van der Waals surface area (Å²) in [6.45, 7) is 0. The Morgan fingerprint density at radius 1 is 1.12 bits per heavy atom. The van der Waals surface area contributed by atoms with Crippen LogP contribution < -0.4 is 5.32 Å². The maximum absolute atomic E-state index is 14.0. The summed E-state index contributed by atoms with van der Waals surface area (Å²) in [5.41, 5.74) is -0.355. The molecule has 0 radical (unpaired) electrons. The molecule has 1 aliphatic carbocycles. The summed E-state index contributed by atoms with van der Waals surface area (Å²) in [4.78, 5) is 20.8. The van der Waals surface area contributed by atoms with Crippen molar-refractivity contribution in [3.05, 3.63) is 66.4 Å². The molecule has 1 saturated carbocycles. The molecule has 0 saturated heterocycles. The van der Waals surface area contributed by atoms with Crippen LogP contribution in [-0.2, 0) is 10.2 Å². The van der Waals surface area contributed by atoms with Gasteiger partial charge in [-0.3, -0.25) is 4.79 Å². The minimum atomic E-state index is -0.793. The summed E-state index contributed by atoms with van der Waals surface area (Å²) >= 11 is 0. The molecule has 24 heavy (non-hydrogen) atoms. The molecular formula is C17H14FN5O. The zero-order chi connectivity index (χ0) is 16.6. The number of amides is 1. The highest BCUT2D eigenvalue weighted by Crippen LogP contribution is 2.49. The largest absolute Gasteiger partial charge is 0.308 e. The van der Waals surface area contributed by atoms with E-state index in [0.717, 1.165) is 0 Å². The first-order chi connectivity index (χ1) is 11.7. The molecule has 0 atom stereocenters. The summed E-state index contributed by atoms with van der Waals surface area (Å²) in [6.07, 6.45) is 6.14. The van der Waals surface area contributed by atoms with Crippen molar-refractivity contribution in [1.82, 2.24) is 19.7 Å². The fourth-order valence-electron chi connectivity index (χ4n) is 2.74. The highest BCUT2D eigenvalue weighted by atomic mass is 19.1. The normalized spacial score (nSPS) is 15.0. The quantitative estimate of drug-likeness (QED) is 0.800. The van der Waals surface area contributed by atoms with Crippen LogP contribution in [0.4, 0.5) is 10.2 Å². The monoisotopic (exact) mass is 323 g/mol. The number of carbonyl (C=O) groups excluding carboxylic acids is 1. The van der Waals surface area contributed by atoms with Crippen LogP contribution >= 0.6 is 0 Å². The Bertz CT molecular complexity index is 889. The van der Waals surface area contributed by atoms with Gasteiger partial charge in [-0.15, -0.1) is 5.10 Å². The van der Waals surface area contributed by atoms with Gasteiger partial charge in [-0.2, -0.15) is 0 Å². The molecule has 6 nitrogen and oxygen atoms in total. The van der Waals surface area contributed by atoms with Gasteiger partial charge in [0.25, 0.3) is 0 Å². The van der Waals surface area contributed by atoms with Gasteiger partial charge in [-0.05, 0) is 25.0 Å². The number of hydrogen-bond acceptors (Lipinski definition) is 4. The second kappa shape index (κ2) is 5.52. The Hall–Kier alpha value is -3.09. The van der Waals surface area contributed by atoms with Crippen molar-refractivity contribution >= 4 is 11.7 Å². The summed E-state index contributed by atoms with van der Waals surface area (Å²) in [7, 11) is 0. The first-order valence-electron chi connectivity index (χ1n) is 7.59. The van der Waals surface area contributed by atoms with Gasteiger partial charge >= 0.3 is 0 Å². The van der Waals surface area contributed by atoms with Crippen LogP contribution in [0.5, 0.6) is 0 Å². The average Bonchev–Trinajstić information content (AvgIpc) is 3.29. The van der Waals surface area contributed by atoms with Crippen molar-refractivity contribution in [3.63, 3.8) is 0 Å². The molecule has 0 unspecified atom stereocenters. The van der Waals surface area contributed by atoms with E-state index in [0.29, 0.717) is 30.2 Å². The van der Waals surface area contributed by atoms with Crippen molar-refractivity contribution in [2.45, 2.75) is 18.3 Å². The van der Waals surface area contributed by atoms with Crippen molar-refractivity contribution in [1.29, 1.82) is 0 Å². The maximum atomic E-state index is 14.0. The van der Waals surface area contributed by atoms with Crippen LogP contribution in [0, 0.1) is 5.82 Å². The van der Waals surface area contributed by atoms with Gasteiger partial charge in [0, 0.05) is 30.2 Å². The number of nitrogens with one attached hydrogen (secondary N) is 1. The first kappa shape index (κ1) is 14.5. The molecule has 4 rings (SSSR count). The zero-order valence-corrected chi connectivity index (χ0v) is 12.7. The summed E-state index contributed by atoms with van der Waals surface area (Å²) < 4.78 is 15.5. The third-order valence-corrected chi connectivity index (χ3v) is 4.16. The van der Waals surface area contributed by atoms with Crippen LogP contribution in [0.2, 0.25) is 0 Å². The third kappa shape index (κ3) is 2.44. The van der Waals surface area contributed by atoms with E-state index in [2.05, 4.69) is 20.4 Å². The lowest BCUT2D eigenvalue weighted by atomic mass is 9.94. The lowest BCUT2D eigenvalue weighted by Crippen LogP contribution is -2.29. The number of hydrogen-bond donors (Lipinski definition) is 1. The number of rotatable bonds is 4. The molecule has 7 heteroatoms. The molecule has 1 N–H and O–H groups in total. The highest BCUT2D eigenvalue weighted by molar-refractivity contribution is 6.00. The number of benzene rings is 1. The van der Waals surface area contributed by atoms with Gasteiger partial charge in [0.15, 0.2) is 5.82 Å². The van der Waals surface area contributed by atoms with Gasteiger partial charge in [0.2, 0.25) is 11.9 Å². The summed E-state index contributed by atoms with van der Waals surface area (Å²) in [5, 5.41) is 7.01. The van der Waals surface area contributed by atoms with Crippen LogP contribution in [0.1, 0.15) is 18.4 Å². The summed E-state index contributed by atoms with van der Waals surface area (Å²) in [5.74, 6) is 0.198. The predicted molar refractivity (Wildman–Crippen MR) is 85.1 cm³/mol. The van der Waals surface area contributed by atoms with E-state index in [4.69, 9.17) is 0 Å². The molecule has 3 aromatic rings. The Balaban J connectivity index is 1.55. The molecule has 0 bridgehead atoms. The predicted octanol–water partition coefficient (Wildman–Crippen LogP) is 2.47. The van der Waals surface area contributed by atoms with Gasteiger partial charge in [-0.25, -0.2) is 19.0 Å². The van der Waals surface area contributed by atoms with Gasteiger partial charge in [0.05, 0.1) is 5.41 Å². The number of nitrogens with zero attached hydrogens (tertiary/aromatic N) is 4. The second-order valence-electron chi connectivity index (χ2n) is 5.71. The van der Waals surface area contributed by atoms with Crippen LogP contribution in [0.15, 0.2) is 55.0 Å². The van der Waals surface area contributed by atoms with Crippen LogP contribution in [-0.4, -0.2) is 25.7 Å². The lowest BCUT2D eigenvalue weighted by Gasteiger charge is -2.15. The molecule has 1 amide bonds. The van der Waals surface area contributed by atoms with Crippen molar-refractivity contribution in [2.75, 3.05) is 5.32 Å². The molecule has 0 aliphatic heterocycles. The van der Waals surface area contributed by atoms with E-state index in [9.17, 15) is 9.18 Å². The summed E-state index contributed by atoms with van der Waals surface area (Å²) in [6, 6.07) is 9.77. The number of halogens is 1. The number of carbonyl (C=O) groups is 1. The molecule has 1 fully saturated rings. The lowest BCUT2D eigenvalue weighted by molar-refractivity contribution is -0.118. The van der Waals surface area contributed by atoms with Gasteiger partial charge < -0.3 is 5.32 Å². The van der Waals surface area contributed by atoms with Crippen molar-refractivity contribution < 1.29 is 9.18 Å². The molecule has 2 heterocycles. The standard InChI is InChI=1S/C17H14FN5O/c18-13-5-2-1-4-12(13)17(7-8-17)15(24)21-14-6-11-23(22-14)16-19-9-3-10-20-16/h1-6,9-11H,7-8H2,(H,21,22,24). The van der Waals surface area contributed by atoms with Crippen molar-refractivity contribution in [2.24, 2.45) is 0 Å².